The second-order valence-corrected chi connectivity index (χ2v) is 7.01. The maximum Gasteiger partial charge on any atom is 0.240 e. The smallest absolute Gasteiger partial charge is 0.240 e. The lowest BCUT2D eigenvalue weighted by Crippen LogP contribution is -2.42. The molecule has 8 heteroatoms. The monoisotopic (exact) mass is 338 g/mol. The number of amides is 1. The molecule has 0 spiro atoms. The summed E-state index contributed by atoms with van der Waals surface area (Å²) >= 11 is 3.06. The minimum Gasteiger partial charge on any atom is -0.368 e. The third-order valence-corrected chi connectivity index (χ3v) is 5.23. The van der Waals surface area contributed by atoms with Gasteiger partial charge in [0.1, 0.15) is 11.1 Å². The molecular formula is C14H18N4O2S2. The van der Waals surface area contributed by atoms with Crippen LogP contribution >= 0.6 is 22.7 Å². The van der Waals surface area contributed by atoms with Crippen LogP contribution in [0.25, 0.3) is 0 Å². The Morgan fingerprint density at radius 2 is 2.14 bits per heavy atom. The zero-order valence-electron chi connectivity index (χ0n) is 12.5. The zero-order valence-corrected chi connectivity index (χ0v) is 14.2. The van der Waals surface area contributed by atoms with E-state index in [9.17, 15) is 4.79 Å². The number of ether oxygens (including phenoxy) is 1. The summed E-state index contributed by atoms with van der Waals surface area (Å²) in [7, 11) is 0. The number of nitrogens with zero attached hydrogens (tertiary/aromatic N) is 3. The van der Waals surface area contributed by atoms with Gasteiger partial charge in [-0.1, -0.05) is 0 Å². The van der Waals surface area contributed by atoms with Crippen LogP contribution in [-0.2, 0) is 9.53 Å². The van der Waals surface area contributed by atoms with Crippen LogP contribution in [-0.4, -0.2) is 47.0 Å². The Morgan fingerprint density at radius 1 is 1.36 bits per heavy atom. The highest BCUT2D eigenvalue weighted by Gasteiger charge is 2.25. The molecule has 0 saturated carbocycles. The van der Waals surface area contributed by atoms with Crippen LogP contribution in [0.3, 0.4) is 0 Å². The Bertz CT molecular complexity index is 655. The fourth-order valence-corrected chi connectivity index (χ4v) is 3.83. The topological polar surface area (TPSA) is 67.4 Å². The van der Waals surface area contributed by atoms with Crippen molar-refractivity contribution >= 4 is 33.7 Å². The number of thiazole rings is 2. The van der Waals surface area contributed by atoms with Crippen LogP contribution in [0, 0.1) is 13.8 Å². The van der Waals surface area contributed by atoms with Crippen molar-refractivity contribution < 1.29 is 9.53 Å². The molecule has 3 rings (SSSR count). The van der Waals surface area contributed by atoms with Crippen molar-refractivity contribution in [1.29, 1.82) is 0 Å². The van der Waals surface area contributed by atoms with Crippen molar-refractivity contribution in [3.8, 4) is 0 Å². The van der Waals surface area contributed by atoms with Gasteiger partial charge >= 0.3 is 0 Å². The zero-order chi connectivity index (χ0) is 15.5. The van der Waals surface area contributed by atoms with Crippen molar-refractivity contribution in [2.75, 3.05) is 31.6 Å². The van der Waals surface area contributed by atoms with E-state index >= 15 is 0 Å². The number of aromatic nitrogens is 2. The van der Waals surface area contributed by atoms with Crippen molar-refractivity contribution in [2.24, 2.45) is 0 Å². The summed E-state index contributed by atoms with van der Waals surface area (Å²) < 4.78 is 5.78. The van der Waals surface area contributed by atoms with Crippen LogP contribution in [0.2, 0.25) is 0 Å². The van der Waals surface area contributed by atoms with Gasteiger partial charge in [0, 0.05) is 29.5 Å². The summed E-state index contributed by atoms with van der Waals surface area (Å²) in [6.07, 6.45) is -0.0395. The Balaban J connectivity index is 1.54. The molecule has 2 aromatic heterocycles. The normalized spacial score (nSPS) is 19.3. The molecule has 1 aliphatic heterocycles. The summed E-state index contributed by atoms with van der Waals surface area (Å²) in [5.74, 6) is -0.0367. The molecule has 1 atom stereocenters. The van der Waals surface area contributed by atoms with Crippen LogP contribution in [0.1, 0.15) is 22.5 Å². The Labute approximate surface area is 137 Å². The SMILES string of the molecule is Cc1csc(NC(=O)CN2CCO[C@H](c3nc(C)cs3)C2)n1. The number of nitrogens with one attached hydrogen (secondary N) is 1. The number of aryl methyl sites for hydroxylation is 2. The summed E-state index contributed by atoms with van der Waals surface area (Å²) in [6.45, 7) is 6.30. The summed E-state index contributed by atoms with van der Waals surface area (Å²) in [6, 6.07) is 0. The van der Waals surface area contributed by atoms with Gasteiger partial charge in [-0.2, -0.15) is 0 Å². The van der Waals surface area contributed by atoms with E-state index in [0.717, 1.165) is 22.9 Å². The van der Waals surface area contributed by atoms with Gasteiger partial charge in [-0.05, 0) is 13.8 Å². The molecule has 0 radical (unpaired) electrons. The van der Waals surface area contributed by atoms with Crippen LogP contribution in [0.4, 0.5) is 5.13 Å². The molecule has 0 unspecified atom stereocenters. The molecule has 1 amide bonds. The van der Waals surface area contributed by atoms with Gasteiger partial charge < -0.3 is 10.1 Å². The van der Waals surface area contributed by atoms with E-state index in [0.29, 0.717) is 24.8 Å². The van der Waals surface area contributed by atoms with Gasteiger partial charge in [-0.3, -0.25) is 9.69 Å². The number of hydrogen-bond donors (Lipinski definition) is 1. The number of morpholine rings is 1. The molecule has 0 bridgehead atoms. The van der Waals surface area contributed by atoms with E-state index in [-0.39, 0.29) is 12.0 Å². The lowest BCUT2D eigenvalue weighted by molar-refractivity contribution is -0.119. The predicted molar refractivity (Wildman–Crippen MR) is 87.5 cm³/mol. The molecule has 1 saturated heterocycles. The van der Waals surface area contributed by atoms with Gasteiger partial charge in [0.05, 0.1) is 18.8 Å². The average Bonchev–Trinajstić information content (AvgIpc) is 3.08. The minimum absolute atomic E-state index is 0.0367. The van der Waals surface area contributed by atoms with Crippen molar-refractivity contribution in [3.05, 3.63) is 27.2 Å². The van der Waals surface area contributed by atoms with Crippen LogP contribution < -0.4 is 5.32 Å². The summed E-state index contributed by atoms with van der Waals surface area (Å²) in [5, 5.41) is 8.43. The van der Waals surface area contributed by atoms with Crippen molar-refractivity contribution in [3.63, 3.8) is 0 Å². The maximum absolute atomic E-state index is 12.1. The number of carbonyl (C=O) groups excluding carboxylic acids is 1. The molecule has 118 valence electrons. The number of carbonyl (C=O) groups is 1. The summed E-state index contributed by atoms with van der Waals surface area (Å²) in [5.41, 5.74) is 1.93. The first kappa shape index (κ1) is 15.5. The third kappa shape index (κ3) is 3.89. The molecule has 0 aromatic carbocycles. The van der Waals surface area contributed by atoms with E-state index in [1.807, 2.05) is 24.6 Å². The Hall–Kier alpha value is -1.35. The van der Waals surface area contributed by atoms with Gasteiger partial charge in [0.25, 0.3) is 0 Å². The maximum atomic E-state index is 12.1. The highest BCUT2D eigenvalue weighted by atomic mass is 32.1. The van der Waals surface area contributed by atoms with E-state index in [1.54, 1.807) is 11.3 Å². The second kappa shape index (κ2) is 6.82. The van der Waals surface area contributed by atoms with E-state index in [4.69, 9.17) is 4.74 Å². The van der Waals surface area contributed by atoms with E-state index in [2.05, 4.69) is 20.2 Å². The fourth-order valence-electron chi connectivity index (χ4n) is 2.29. The molecule has 0 aliphatic carbocycles. The minimum atomic E-state index is -0.0395. The first-order valence-electron chi connectivity index (χ1n) is 7.08. The first-order chi connectivity index (χ1) is 10.6. The van der Waals surface area contributed by atoms with E-state index < -0.39 is 0 Å². The van der Waals surface area contributed by atoms with E-state index in [1.165, 1.54) is 11.3 Å². The van der Waals surface area contributed by atoms with Crippen LogP contribution in [0.5, 0.6) is 0 Å². The highest BCUT2D eigenvalue weighted by Crippen LogP contribution is 2.25. The molecular weight excluding hydrogens is 320 g/mol. The molecule has 3 heterocycles. The summed E-state index contributed by atoms with van der Waals surface area (Å²) in [4.78, 5) is 22.9. The quantitative estimate of drug-likeness (QED) is 0.926. The standard InChI is InChI=1S/C14H18N4O2S2/c1-9-7-21-13(15-9)11-5-18(3-4-20-11)6-12(19)17-14-16-10(2)8-22-14/h7-8,11H,3-6H2,1-2H3,(H,16,17,19)/t11-/m0/s1. The highest BCUT2D eigenvalue weighted by molar-refractivity contribution is 7.13. The first-order valence-corrected chi connectivity index (χ1v) is 8.84. The van der Waals surface area contributed by atoms with Gasteiger partial charge in [0.2, 0.25) is 5.91 Å². The third-order valence-electron chi connectivity index (χ3n) is 3.30. The molecule has 22 heavy (non-hydrogen) atoms. The molecule has 1 aliphatic rings. The van der Waals surface area contributed by atoms with Crippen molar-refractivity contribution in [2.45, 2.75) is 20.0 Å². The second-order valence-electron chi connectivity index (χ2n) is 5.26. The predicted octanol–water partition coefficient (Wildman–Crippen LogP) is 2.23. The lowest BCUT2D eigenvalue weighted by atomic mass is 10.2. The molecule has 1 fully saturated rings. The van der Waals surface area contributed by atoms with Gasteiger partial charge in [-0.25, -0.2) is 9.97 Å². The molecule has 6 nitrogen and oxygen atoms in total. The molecule has 1 N–H and O–H groups in total. The van der Waals surface area contributed by atoms with Crippen molar-refractivity contribution in [1.82, 2.24) is 14.9 Å². The molecule has 2 aromatic rings. The van der Waals surface area contributed by atoms with Gasteiger partial charge in [-0.15, -0.1) is 22.7 Å². The number of hydrogen-bond acceptors (Lipinski definition) is 7. The number of rotatable bonds is 4. The average molecular weight is 338 g/mol. The Kier molecular flexibility index (Phi) is 4.82. The fraction of sp³-hybridized carbons (Fsp3) is 0.500. The lowest BCUT2D eigenvalue weighted by Gasteiger charge is -2.31. The largest absolute Gasteiger partial charge is 0.368 e. The Morgan fingerprint density at radius 3 is 2.82 bits per heavy atom. The van der Waals surface area contributed by atoms with Crippen LogP contribution in [0.15, 0.2) is 10.8 Å². The van der Waals surface area contributed by atoms with Gasteiger partial charge in [0.15, 0.2) is 5.13 Å². The number of anilines is 1.